The summed E-state index contributed by atoms with van der Waals surface area (Å²) in [5, 5.41) is 1.14. The number of rotatable bonds is 18. The Morgan fingerprint density at radius 2 is 1.48 bits per heavy atom. The second-order valence-electron chi connectivity index (χ2n) is 11.5. The number of nitrogens with one attached hydrogen (secondary N) is 1. The molecule has 1 heterocycles. The van der Waals surface area contributed by atoms with Gasteiger partial charge in [-0.05, 0) is 48.2 Å². The predicted octanol–water partition coefficient (Wildman–Crippen LogP) is 8.06. The summed E-state index contributed by atoms with van der Waals surface area (Å²) in [5.41, 5.74) is 3.90. The second-order valence-corrected chi connectivity index (χ2v) is 11.5. The second kappa shape index (κ2) is 17.2. The van der Waals surface area contributed by atoms with Gasteiger partial charge < -0.3 is 19.5 Å². The summed E-state index contributed by atoms with van der Waals surface area (Å²) < 4.78 is 19.2. The Hall–Kier alpha value is -4.13. The number of aromatic amines is 1. The minimum atomic E-state index is -0.328. The van der Waals surface area contributed by atoms with Crippen LogP contribution < -0.4 is 4.74 Å². The lowest BCUT2D eigenvalue weighted by Crippen LogP contribution is -2.43. The number of nitrogens with zero attached hydrogens (tertiary/aromatic N) is 2. The molecule has 3 aromatic carbocycles. The smallest absolute Gasteiger partial charge is 0.242 e. The van der Waals surface area contributed by atoms with Crippen LogP contribution in [0, 0.1) is 5.82 Å². The first-order valence-corrected chi connectivity index (χ1v) is 16.0. The summed E-state index contributed by atoms with van der Waals surface area (Å²) in [4.78, 5) is 34.3. The summed E-state index contributed by atoms with van der Waals surface area (Å²) in [6.07, 6.45) is 10.8. The predicted molar refractivity (Wildman–Crippen MR) is 175 cm³/mol. The van der Waals surface area contributed by atoms with Gasteiger partial charge in [0.2, 0.25) is 11.8 Å². The van der Waals surface area contributed by atoms with Crippen LogP contribution in [-0.4, -0.2) is 46.8 Å². The number of carbonyl (C=O) groups excluding carboxylic acids is 2. The molecule has 44 heavy (non-hydrogen) atoms. The van der Waals surface area contributed by atoms with Gasteiger partial charge in [-0.15, -0.1) is 0 Å². The number of unbranched alkanes of at least 4 members (excludes halogenated alkanes) is 6. The van der Waals surface area contributed by atoms with Crippen LogP contribution in [0.1, 0.15) is 75.0 Å². The number of fused-ring (bicyclic) bond motifs is 1. The lowest BCUT2D eigenvalue weighted by molar-refractivity contribution is -0.141. The SMILES string of the molecule is CCCCCCCCCC(=O)N(CC(=O)N(CCc1c[nH]c2ccccc12)Cc1ccccc1OC)Cc1ccc(F)cc1. The van der Waals surface area contributed by atoms with E-state index < -0.39 is 0 Å². The van der Waals surface area contributed by atoms with Crippen molar-refractivity contribution in [3.8, 4) is 5.75 Å². The molecule has 0 saturated carbocycles. The number of carbonyl (C=O) groups is 2. The number of H-pyrrole nitrogens is 1. The number of aromatic nitrogens is 1. The summed E-state index contributed by atoms with van der Waals surface area (Å²) >= 11 is 0. The van der Waals surface area contributed by atoms with Gasteiger partial charge in [0.05, 0.1) is 7.11 Å². The van der Waals surface area contributed by atoms with Gasteiger partial charge in [0.25, 0.3) is 0 Å². The number of methoxy groups -OCH3 is 1. The van der Waals surface area contributed by atoms with Gasteiger partial charge in [-0.1, -0.05) is 94.0 Å². The number of para-hydroxylation sites is 2. The molecule has 4 aromatic rings. The lowest BCUT2D eigenvalue weighted by atomic mass is 10.1. The zero-order valence-electron chi connectivity index (χ0n) is 26.2. The third kappa shape index (κ3) is 9.69. The molecule has 0 atom stereocenters. The first-order valence-electron chi connectivity index (χ1n) is 16.0. The fourth-order valence-electron chi connectivity index (χ4n) is 5.62. The highest BCUT2D eigenvalue weighted by Crippen LogP contribution is 2.22. The van der Waals surface area contributed by atoms with Crippen LogP contribution in [0.3, 0.4) is 0 Å². The highest BCUT2D eigenvalue weighted by atomic mass is 19.1. The van der Waals surface area contributed by atoms with Gasteiger partial charge in [0.15, 0.2) is 0 Å². The third-order valence-electron chi connectivity index (χ3n) is 8.19. The third-order valence-corrected chi connectivity index (χ3v) is 8.19. The van der Waals surface area contributed by atoms with Crippen LogP contribution in [-0.2, 0) is 29.1 Å². The van der Waals surface area contributed by atoms with Crippen LogP contribution >= 0.6 is 0 Å². The molecule has 0 spiro atoms. The van der Waals surface area contributed by atoms with Crippen molar-refractivity contribution < 1.29 is 18.7 Å². The van der Waals surface area contributed by atoms with Gasteiger partial charge in [-0.3, -0.25) is 9.59 Å². The van der Waals surface area contributed by atoms with Crippen molar-refractivity contribution in [2.75, 3.05) is 20.2 Å². The quantitative estimate of drug-likeness (QED) is 0.118. The van der Waals surface area contributed by atoms with Gasteiger partial charge in [0, 0.05) is 48.7 Å². The summed E-state index contributed by atoms with van der Waals surface area (Å²) in [5.74, 6) is 0.206. The molecule has 0 bridgehead atoms. The zero-order chi connectivity index (χ0) is 31.1. The summed E-state index contributed by atoms with van der Waals surface area (Å²) in [6.45, 7) is 3.26. The summed E-state index contributed by atoms with van der Waals surface area (Å²) in [7, 11) is 1.63. The molecule has 6 nitrogen and oxygen atoms in total. The number of halogens is 1. The molecule has 0 aliphatic carbocycles. The topological polar surface area (TPSA) is 65.6 Å². The largest absolute Gasteiger partial charge is 0.496 e. The Balaban J connectivity index is 1.49. The maximum Gasteiger partial charge on any atom is 0.242 e. The Morgan fingerprint density at radius 3 is 2.25 bits per heavy atom. The Morgan fingerprint density at radius 1 is 0.773 bits per heavy atom. The van der Waals surface area contributed by atoms with E-state index in [9.17, 15) is 14.0 Å². The van der Waals surface area contributed by atoms with Crippen molar-refractivity contribution >= 4 is 22.7 Å². The van der Waals surface area contributed by atoms with E-state index in [4.69, 9.17) is 4.74 Å². The van der Waals surface area contributed by atoms with E-state index in [1.165, 1.54) is 37.8 Å². The van der Waals surface area contributed by atoms with Crippen molar-refractivity contribution in [2.24, 2.45) is 0 Å². The molecule has 1 aromatic heterocycles. The van der Waals surface area contributed by atoms with Crippen LogP contribution in [0.2, 0.25) is 0 Å². The van der Waals surface area contributed by atoms with Crippen molar-refractivity contribution in [3.05, 3.63) is 102 Å². The molecule has 234 valence electrons. The molecule has 4 rings (SSSR count). The van der Waals surface area contributed by atoms with Crippen LogP contribution in [0.15, 0.2) is 79.0 Å². The molecule has 0 aliphatic rings. The van der Waals surface area contributed by atoms with Crippen molar-refractivity contribution in [1.29, 1.82) is 0 Å². The average Bonchev–Trinajstić information content (AvgIpc) is 3.46. The minimum absolute atomic E-state index is 0.0459. The average molecular weight is 600 g/mol. The van der Waals surface area contributed by atoms with E-state index in [1.807, 2.05) is 53.6 Å². The standard InChI is InChI=1S/C37H46FN3O3/c1-3-4-5-6-7-8-9-18-36(42)41(26-29-19-21-32(38)22-20-29)28-37(43)40(27-31-14-10-13-17-35(31)44-2)24-23-30-25-39-34-16-12-11-15-33(30)34/h10-17,19-22,25,39H,3-9,18,23-24,26-28H2,1-2H3. The van der Waals surface area contributed by atoms with Crippen LogP contribution in [0.4, 0.5) is 4.39 Å². The molecule has 0 aliphatic heterocycles. The molecular weight excluding hydrogens is 553 g/mol. The van der Waals surface area contributed by atoms with Crippen molar-refractivity contribution in [1.82, 2.24) is 14.8 Å². The first kappa shape index (κ1) is 32.8. The Kier molecular flexibility index (Phi) is 12.8. The number of hydrogen-bond acceptors (Lipinski definition) is 3. The normalized spacial score (nSPS) is 11.1. The fourth-order valence-corrected chi connectivity index (χ4v) is 5.62. The molecule has 1 N–H and O–H groups in total. The first-order chi connectivity index (χ1) is 21.5. The molecule has 0 unspecified atom stereocenters. The lowest BCUT2D eigenvalue weighted by Gasteiger charge is -2.28. The molecule has 0 radical (unpaired) electrons. The molecular formula is C37H46FN3O3. The van der Waals surface area contributed by atoms with Gasteiger partial charge in [-0.25, -0.2) is 4.39 Å². The maximum absolute atomic E-state index is 14.0. The number of hydrogen-bond donors (Lipinski definition) is 1. The van der Waals surface area contributed by atoms with E-state index in [1.54, 1.807) is 24.1 Å². The van der Waals surface area contributed by atoms with E-state index in [0.717, 1.165) is 52.6 Å². The highest BCUT2D eigenvalue weighted by Gasteiger charge is 2.23. The minimum Gasteiger partial charge on any atom is -0.496 e. The van der Waals surface area contributed by atoms with Crippen molar-refractivity contribution in [3.63, 3.8) is 0 Å². The van der Waals surface area contributed by atoms with Gasteiger partial charge in [-0.2, -0.15) is 0 Å². The zero-order valence-corrected chi connectivity index (χ0v) is 26.2. The number of ether oxygens (including phenoxy) is 1. The Labute approximate surface area is 261 Å². The van der Waals surface area contributed by atoms with E-state index >= 15 is 0 Å². The van der Waals surface area contributed by atoms with Gasteiger partial charge >= 0.3 is 0 Å². The Bertz CT molecular complexity index is 1470. The van der Waals surface area contributed by atoms with Gasteiger partial charge in [0.1, 0.15) is 18.1 Å². The van der Waals surface area contributed by atoms with Crippen LogP contribution in [0.25, 0.3) is 10.9 Å². The van der Waals surface area contributed by atoms with E-state index in [2.05, 4.69) is 18.0 Å². The fraction of sp³-hybridized carbons (Fsp3) is 0.405. The number of benzene rings is 3. The van der Waals surface area contributed by atoms with Crippen molar-refractivity contribution in [2.45, 2.75) is 77.8 Å². The number of amides is 2. The highest BCUT2D eigenvalue weighted by molar-refractivity contribution is 5.85. The maximum atomic E-state index is 14.0. The van der Waals surface area contributed by atoms with E-state index in [-0.39, 0.29) is 30.7 Å². The monoisotopic (exact) mass is 599 g/mol. The van der Waals surface area contributed by atoms with Crippen LogP contribution in [0.5, 0.6) is 5.75 Å². The summed E-state index contributed by atoms with van der Waals surface area (Å²) in [6, 6.07) is 22.0. The van der Waals surface area contributed by atoms with E-state index in [0.29, 0.717) is 25.9 Å². The molecule has 0 fully saturated rings. The molecule has 7 heteroatoms. The molecule has 0 saturated heterocycles. The molecule has 2 amide bonds.